The van der Waals surface area contributed by atoms with Crippen molar-refractivity contribution in [2.45, 2.75) is 19.8 Å². The molecule has 3 rings (SSSR count). The molecule has 3 aromatic rings. The molecular formula is C20H22N2O3S2. The molecule has 2 aromatic heterocycles. The van der Waals surface area contributed by atoms with Gasteiger partial charge in [0.2, 0.25) is 0 Å². The molecule has 0 radical (unpaired) electrons. The maximum Gasteiger partial charge on any atom is 0.270 e. The number of carbonyl (C=O) groups is 1. The second-order valence-corrected chi connectivity index (χ2v) is 7.65. The van der Waals surface area contributed by atoms with Crippen molar-refractivity contribution in [3.63, 3.8) is 0 Å². The number of aromatic nitrogens is 1. The molecular weight excluding hydrogens is 380 g/mol. The molecule has 1 amide bonds. The van der Waals surface area contributed by atoms with E-state index in [0.29, 0.717) is 11.7 Å². The number of anilines is 1. The molecule has 1 aromatic carbocycles. The summed E-state index contributed by atoms with van der Waals surface area (Å²) >= 11 is 2.91. The number of methoxy groups -OCH3 is 2. The summed E-state index contributed by atoms with van der Waals surface area (Å²) in [6.07, 6.45) is 1.94. The van der Waals surface area contributed by atoms with Crippen LogP contribution < -0.4 is 14.4 Å². The molecule has 0 atom stereocenters. The lowest BCUT2D eigenvalue weighted by Crippen LogP contribution is -2.31. The fourth-order valence-corrected chi connectivity index (χ4v) is 4.18. The minimum absolute atomic E-state index is 0.00282. The number of carbonyl (C=O) groups excluding carboxylic acids is 1. The molecule has 27 heavy (non-hydrogen) atoms. The Bertz CT molecular complexity index is 891. The Morgan fingerprint density at radius 1 is 1.19 bits per heavy atom. The van der Waals surface area contributed by atoms with Crippen LogP contribution in [-0.4, -0.2) is 31.7 Å². The predicted octanol–water partition coefficient (Wildman–Crippen LogP) is 5.34. The van der Waals surface area contributed by atoms with Crippen molar-refractivity contribution in [2.24, 2.45) is 0 Å². The molecule has 2 heterocycles. The minimum Gasteiger partial charge on any atom is -0.497 e. The highest BCUT2D eigenvalue weighted by Gasteiger charge is 2.22. The highest BCUT2D eigenvalue weighted by atomic mass is 32.1. The maximum absolute atomic E-state index is 12.9. The van der Waals surface area contributed by atoms with Gasteiger partial charge < -0.3 is 9.47 Å². The van der Waals surface area contributed by atoms with Crippen molar-refractivity contribution in [3.8, 4) is 22.8 Å². The van der Waals surface area contributed by atoms with E-state index in [1.807, 2.05) is 41.1 Å². The summed E-state index contributed by atoms with van der Waals surface area (Å²) in [5.74, 6) is 1.45. The summed E-state index contributed by atoms with van der Waals surface area (Å²) in [7, 11) is 3.26. The summed E-state index contributed by atoms with van der Waals surface area (Å²) in [5.41, 5.74) is 1.62. The molecule has 0 bridgehead atoms. The molecule has 0 saturated carbocycles. The largest absolute Gasteiger partial charge is 0.497 e. The van der Waals surface area contributed by atoms with Gasteiger partial charge in [0.05, 0.1) is 24.8 Å². The number of hydrogen-bond acceptors (Lipinski definition) is 6. The van der Waals surface area contributed by atoms with Gasteiger partial charge in [0, 0.05) is 17.5 Å². The van der Waals surface area contributed by atoms with Crippen LogP contribution in [0, 0.1) is 0 Å². The first kappa shape index (κ1) is 19.4. The average Bonchev–Trinajstić information content (AvgIpc) is 3.40. The summed E-state index contributed by atoms with van der Waals surface area (Å²) in [6.45, 7) is 2.76. The Hall–Kier alpha value is -2.38. The van der Waals surface area contributed by atoms with Gasteiger partial charge in [-0.05, 0) is 36.1 Å². The smallest absolute Gasteiger partial charge is 0.270 e. The number of hydrogen-bond donors (Lipinski definition) is 0. The number of ether oxygens (including phenoxy) is 2. The zero-order valence-electron chi connectivity index (χ0n) is 15.6. The average molecular weight is 403 g/mol. The van der Waals surface area contributed by atoms with Gasteiger partial charge in [0.15, 0.2) is 5.13 Å². The Morgan fingerprint density at radius 2 is 2.04 bits per heavy atom. The van der Waals surface area contributed by atoms with E-state index < -0.39 is 0 Å². The number of thiazole rings is 1. The van der Waals surface area contributed by atoms with E-state index >= 15 is 0 Å². The molecule has 5 nitrogen and oxygen atoms in total. The van der Waals surface area contributed by atoms with E-state index in [4.69, 9.17) is 14.5 Å². The lowest BCUT2D eigenvalue weighted by atomic mass is 10.1. The van der Waals surface area contributed by atoms with E-state index in [9.17, 15) is 4.79 Å². The molecule has 0 spiro atoms. The number of benzene rings is 1. The van der Waals surface area contributed by atoms with Crippen molar-refractivity contribution < 1.29 is 14.3 Å². The fourth-order valence-electron chi connectivity index (χ4n) is 2.66. The van der Waals surface area contributed by atoms with Crippen LogP contribution >= 0.6 is 22.7 Å². The standard InChI is InChI=1S/C20H22N2O3S2/c1-4-5-10-22(19(23)18-7-6-11-26-18)20-21-16(13-27-20)15-12-14(24-2)8-9-17(15)25-3/h6-9,11-13H,4-5,10H2,1-3H3. The monoisotopic (exact) mass is 402 g/mol. The number of nitrogens with zero attached hydrogens (tertiary/aromatic N) is 2. The predicted molar refractivity (Wildman–Crippen MR) is 112 cm³/mol. The Labute approximate surface area is 167 Å². The third-order valence-corrected chi connectivity index (χ3v) is 5.84. The second kappa shape index (κ2) is 9.01. The molecule has 0 unspecified atom stereocenters. The normalized spacial score (nSPS) is 10.6. The molecule has 0 aliphatic heterocycles. The van der Waals surface area contributed by atoms with E-state index in [1.165, 1.54) is 22.7 Å². The van der Waals surface area contributed by atoms with Crippen LogP contribution in [-0.2, 0) is 0 Å². The van der Waals surface area contributed by atoms with Crippen LogP contribution in [0.25, 0.3) is 11.3 Å². The van der Waals surface area contributed by atoms with Gasteiger partial charge in [0.1, 0.15) is 11.5 Å². The minimum atomic E-state index is -0.00282. The van der Waals surface area contributed by atoms with Crippen molar-refractivity contribution in [1.82, 2.24) is 4.98 Å². The fraction of sp³-hybridized carbons (Fsp3) is 0.300. The molecule has 142 valence electrons. The molecule has 0 fully saturated rings. The summed E-state index contributed by atoms with van der Waals surface area (Å²) in [5, 5.41) is 4.56. The van der Waals surface area contributed by atoms with Crippen LogP contribution in [0.5, 0.6) is 11.5 Å². The first-order valence-electron chi connectivity index (χ1n) is 8.71. The third-order valence-electron chi connectivity index (χ3n) is 4.12. The highest BCUT2D eigenvalue weighted by Crippen LogP contribution is 2.36. The molecule has 0 saturated heterocycles. The third kappa shape index (κ3) is 4.31. The van der Waals surface area contributed by atoms with E-state index in [2.05, 4.69) is 6.92 Å². The van der Waals surface area contributed by atoms with Gasteiger partial charge >= 0.3 is 0 Å². The van der Waals surface area contributed by atoms with Crippen LogP contribution in [0.4, 0.5) is 5.13 Å². The first-order valence-corrected chi connectivity index (χ1v) is 10.5. The molecule has 0 aliphatic rings. The van der Waals surface area contributed by atoms with E-state index in [1.54, 1.807) is 19.1 Å². The molecule has 7 heteroatoms. The van der Waals surface area contributed by atoms with Crippen molar-refractivity contribution in [3.05, 3.63) is 46.0 Å². The van der Waals surface area contributed by atoms with Gasteiger partial charge in [-0.1, -0.05) is 19.4 Å². The Balaban J connectivity index is 1.95. The quantitative estimate of drug-likeness (QED) is 0.511. The van der Waals surface area contributed by atoms with Gasteiger partial charge in [0.25, 0.3) is 5.91 Å². The second-order valence-electron chi connectivity index (χ2n) is 5.87. The van der Waals surface area contributed by atoms with Gasteiger partial charge in [-0.2, -0.15) is 0 Å². The number of thiophene rings is 1. The zero-order chi connectivity index (χ0) is 19.2. The highest BCUT2D eigenvalue weighted by molar-refractivity contribution is 7.14. The van der Waals surface area contributed by atoms with Crippen molar-refractivity contribution >= 4 is 33.7 Å². The molecule has 0 N–H and O–H groups in total. The van der Waals surface area contributed by atoms with E-state index in [-0.39, 0.29) is 5.91 Å². The number of rotatable bonds is 8. The van der Waals surface area contributed by atoms with Crippen LogP contribution in [0.2, 0.25) is 0 Å². The SMILES string of the molecule is CCCCN(C(=O)c1cccs1)c1nc(-c2cc(OC)ccc2OC)cs1. The Morgan fingerprint density at radius 3 is 2.70 bits per heavy atom. The summed E-state index contributed by atoms with van der Waals surface area (Å²) < 4.78 is 10.8. The van der Waals surface area contributed by atoms with Crippen LogP contribution in [0.1, 0.15) is 29.4 Å². The van der Waals surface area contributed by atoms with Crippen LogP contribution in [0.15, 0.2) is 41.1 Å². The topological polar surface area (TPSA) is 51.7 Å². The summed E-state index contributed by atoms with van der Waals surface area (Å²) in [4.78, 5) is 20.2. The van der Waals surface area contributed by atoms with E-state index in [0.717, 1.165) is 40.5 Å². The Kier molecular flexibility index (Phi) is 6.47. The molecule has 0 aliphatic carbocycles. The lowest BCUT2D eigenvalue weighted by Gasteiger charge is -2.18. The number of unbranched alkanes of at least 4 members (excludes halogenated alkanes) is 1. The number of amides is 1. The van der Waals surface area contributed by atoms with Gasteiger partial charge in [-0.3, -0.25) is 9.69 Å². The lowest BCUT2D eigenvalue weighted by molar-refractivity contribution is 0.0990. The first-order chi connectivity index (χ1) is 13.2. The van der Waals surface area contributed by atoms with Gasteiger partial charge in [-0.25, -0.2) is 4.98 Å². The summed E-state index contributed by atoms with van der Waals surface area (Å²) in [6, 6.07) is 9.35. The van der Waals surface area contributed by atoms with Crippen LogP contribution in [0.3, 0.4) is 0 Å². The van der Waals surface area contributed by atoms with Crippen molar-refractivity contribution in [2.75, 3.05) is 25.7 Å². The van der Waals surface area contributed by atoms with Gasteiger partial charge in [-0.15, -0.1) is 22.7 Å². The maximum atomic E-state index is 12.9. The zero-order valence-corrected chi connectivity index (χ0v) is 17.2. The van der Waals surface area contributed by atoms with Crippen molar-refractivity contribution in [1.29, 1.82) is 0 Å².